The SMILES string of the molecule is C[C@H]1OCCN[C@@H]1C(=O)NCC1CCOCC1.Cl. The number of halogens is 1. The normalized spacial score (nSPS) is 29.4. The molecule has 6 heteroatoms. The summed E-state index contributed by atoms with van der Waals surface area (Å²) in [5.41, 5.74) is 0. The molecule has 0 aromatic carbocycles. The first kappa shape index (κ1) is 15.7. The lowest BCUT2D eigenvalue weighted by Crippen LogP contribution is -2.56. The van der Waals surface area contributed by atoms with E-state index in [1.165, 1.54) is 0 Å². The summed E-state index contributed by atoms with van der Waals surface area (Å²) in [7, 11) is 0. The topological polar surface area (TPSA) is 59.6 Å². The molecule has 2 heterocycles. The first-order chi connectivity index (χ1) is 8.27. The minimum absolute atomic E-state index is 0. The van der Waals surface area contributed by atoms with Crippen LogP contribution in [0.5, 0.6) is 0 Å². The third-order valence-corrected chi connectivity index (χ3v) is 3.50. The van der Waals surface area contributed by atoms with E-state index >= 15 is 0 Å². The molecule has 106 valence electrons. The Morgan fingerprint density at radius 3 is 2.72 bits per heavy atom. The van der Waals surface area contributed by atoms with Gasteiger partial charge in [-0.25, -0.2) is 0 Å². The smallest absolute Gasteiger partial charge is 0.239 e. The Bertz CT molecular complexity index is 260. The average molecular weight is 279 g/mol. The number of nitrogens with one attached hydrogen (secondary N) is 2. The van der Waals surface area contributed by atoms with E-state index in [4.69, 9.17) is 9.47 Å². The molecule has 0 saturated carbocycles. The van der Waals surface area contributed by atoms with Crippen molar-refractivity contribution in [2.24, 2.45) is 5.92 Å². The minimum Gasteiger partial charge on any atom is -0.381 e. The van der Waals surface area contributed by atoms with Crippen molar-refractivity contribution in [3.05, 3.63) is 0 Å². The molecule has 2 aliphatic heterocycles. The number of morpholine rings is 1. The van der Waals surface area contributed by atoms with Crippen molar-refractivity contribution in [1.29, 1.82) is 0 Å². The van der Waals surface area contributed by atoms with Crippen molar-refractivity contribution in [1.82, 2.24) is 10.6 Å². The van der Waals surface area contributed by atoms with Gasteiger partial charge in [0.25, 0.3) is 0 Å². The minimum atomic E-state index is -0.205. The molecule has 5 nitrogen and oxygen atoms in total. The summed E-state index contributed by atoms with van der Waals surface area (Å²) in [6.45, 7) is 5.77. The molecule has 1 amide bonds. The average Bonchev–Trinajstić information content (AvgIpc) is 2.38. The number of carbonyl (C=O) groups excluding carboxylic acids is 1. The van der Waals surface area contributed by atoms with Crippen molar-refractivity contribution in [2.75, 3.05) is 32.9 Å². The maximum absolute atomic E-state index is 12.0. The molecule has 0 aliphatic carbocycles. The summed E-state index contributed by atoms with van der Waals surface area (Å²) in [4.78, 5) is 12.0. The van der Waals surface area contributed by atoms with Crippen LogP contribution in [0.3, 0.4) is 0 Å². The lowest BCUT2D eigenvalue weighted by Gasteiger charge is -2.30. The first-order valence-corrected chi connectivity index (χ1v) is 6.48. The van der Waals surface area contributed by atoms with E-state index in [1.54, 1.807) is 0 Å². The number of hydrogen-bond donors (Lipinski definition) is 2. The monoisotopic (exact) mass is 278 g/mol. The van der Waals surface area contributed by atoms with Crippen molar-refractivity contribution in [2.45, 2.75) is 31.9 Å². The lowest BCUT2D eigenvalue weighted by molar-refractivity contribution is -0.129. The largest absolute Gasteiger partial charge is 0.381 e. The Morgan fingerprint density at radius 1 is 1.33 bits per heavy atom. The Balaban J connectivity index is 0.00000162. The van der Waals surface area contributed by atoms with Gasteiger partial charge in [0.05, 0.1) is 12.7 Å². The summed E-state index contributed by atoms with van der Waals surface area (Å²) in [6, 6.07) is -0.205. The van der Waals surface area contributed by atoms with Crippen LogP contribution >= 0.6 is 12.4 Å². The van der Waals surface area contributed by atoms with E-state index in [9.17, 15) is 4.79 Å². The molecule has 0 aromatic rings. The summed E-state index contributed by atoms with van der Waals surface area (Å²) in [6.07, 6.45) is 2.05. The molecule has 2 aliphatic rings. The van der Waals surface area contributed by atoms with Gasteiger partial charge in [0.15, 0.2) is 0 Å². The van der Waals surface area contributed by atoms with Crippen molar-refractivity contribution in [3.8, 4) is 0 Å². The van der Waals surface area contributed by atoms with Gasteiger partial charge < -0.3 is 20.1 Å². The summed E-state index contributed by atoms with van der Waals surface area (Å²) in [5, 5.41) is 6.21. The molecule has 0 bridgehead atoms. The highest BCUT2D eigenvalue weighted by Gasteiger charge is 2.28. The van der Waals surface area contributed by atoms with E-state index in [2.05, 4.69) is 10.6 Å². The highest BCUT2D eigenvalue weighted by atomic mass is 35.5. The Morgan fingerprint density at radius 2 is 2.06 bits per heavy atom. The molecule has 2 saturated heterocycles. The fourth-order valence-electron chi connectivity index (χ4n) is 2.33. The molecular formula is C12H23ClN2O3. The van der Waals surface area contributed by atoms with Crippen molar-refractivity contribution in [3.63, 3.8) is 0 Å². The van der Waals surface area contributed by atoms with Crippen LogP contribution in [-0.4, -0.2) is 51.0 Å². The third kappa shape index (κ3) is 4.39. The van der Waals surface area contributed by atoms with Crippen LogP contribution < -0.4 is 10.6 Å². The van der Waals surface area contributed by atoms with Crippen LogP contribution in [0.25, 0.3) is 0 Å². The van der Waals surface area contributed by atoms with Crippen LogP contribution in [0.2, 0.25) is 0 Å². The second-order valence-electron chi connectivity index (χ2n) is 4.81. The van der Waals surface area contributed by atoms with Gasteiger partial charge in [-0.05, 0) is 25.7 Å². The zero-order valence-electron chi connectivity index (χ0n) is 10.8. The quantitative estimate of drug-likeness (QED) is 0.781. The van der Waals surface area contributed by atoms with Crippen LogP contribution in [0.15, 0.2) is 0 Å². The van der Waals surface area contributed by atoms with E-state index in [0.29, 0.717) is 12.5 Å². The number of carbonyl (C=O) groups is 1. The second kappa shape index (κ2) is 7.94. The van der Waals surface area contributed by atoms with Gasteiger partial charge in [0.1, 0.15) is 6.04 Å². The Labute approximate surface area is 114 Å². The van der Waals surface area contributed by atoms with E-state index < -0.39 is 0 Å². The molecule has 0 aromatic heterocycles. The first-order valence-electron chi connectivity index (χ1n) is 6.48. The molecule has 0 unspecified atom stereocenters. The third-order valence-electron chi connectivity index (χ3n) is 3.50. The zero-order chi connectivity index (χ0) is 12.1. The molecule has 2 N–H and O–H groups in total. The van der Waals surface area contributed by atoms with E-state index in [1.807, 2.05) is 6.92 Å². The van der Waals surface area contributed by atoms with Crippen molar-refractivity contribution < 1.29 is 14.3 Å². The number of rotatable bonds is 3. The highest BCUT2D eigenvalue weighted by Crippen LogP contribution is 2.13. The number of hydrogen-bond acceptors (Lipinski definition) is 4. The predicted molar refractivity (Wildman–Crippen MR) is 71.0 cm³/mol. The fourth-order valence-corrected chi connectivity index (χ4v) is 2.33. The van der Waals surface area contributed by atoms with E-state index in [-0.39, 0.29) is 30.5 Å². The zero-order valence-corrected chi connectivity index (χ0v) is 11.6. The Hall–Kier alpha value is -0.360. The van der Waals surface area contributed by atoms with Crippen LogP contribution in [0.4, 0.5) is 0 Å². The van der Waals surface area contributed by atoms with Crippen LogP contribution in [-0.2, 0) is 14.3 Å². The van der Waals surface area contributed by atoms with Crippen LogP contribution in [0, 0.1) is 5.92 Å². The maximum Gasteiger partial charge on any atom is 0.239 e. The van der Waals surface area contributed by atoms with Gasteiger partial charge in [-0.1, -0.05) is 0 Å². The summed E-state index contributed by atoms with van der Waals surface area (Å²) >= 11 is 0. The van der Waals surface area contributed by atoms with Crippen LogP contribution in [0.1, 0.15) is 19.8 Å². The second-order valence-corrected chi connectivity index (χ2v) is 4.81. The molecular weight excluding hydrogens is 256 g/mol. The number of ether oxygens (including phenoxy) is 2. The van der Waals surface area contributed by atoms with Gasteiger partial charge in [-0.2, -0.15) is 0 Å². The summed E-state index contributed by atoms with van der Waals surface area (Å²) in [5.74, 6) is 0.621. The molecule has 2 rings (SSSR count). The standard InChI is InChI=1S/C12H22N2O3.ClH/c1-9-11(13-4-7-17-9)12(15)14-8-10-2-5-16-6-3-10;/h9-11,13H,2-8H2,1H3,(H,14,15);1H/t9-,11+;/m1./s1. The fraction of sp³-hybridized carbons (Fsp3) is 0.917. The van der Waals surface area contributed by atoms with E-state index in [0.717, 1.165) is 39.1 Å². The lowest BCUT2D eigenvalue weighted by atomic mass is 10.00. The predicted octanol–water partition coefficient (Wildman–Crippen LogP) is 0.328. The molecule has 18 heavy (non-hydrogen) atoms. The molecule has 2 fully saturated rings. The molecule has 0 spiro atoms. The van der Waals surface area contributed by atoms with Gasteiger partial charge in [0, 0.05) is 26.3 Å². The maximum atomic E-state index is 12.0. The Kier molecular flexibility index (Phi) is 6.92. The van der Waals surface area contributed by atoms with Gasteiger partial charge >= 0.3 is 0 Å². The molecule has 0 radical (unpaired) electrons. The molecule has 2 atom stereocenters. The summed E-state index contributed by atoms with van der Waals surface area (Å²) < 4.78 is 10.8. The highest BCUT2D eigenvalue weighted by molar-refractivity contribution is 5.85. The van der Waals surface area contributed by atoms with Gasteiger partial charge in [0.2, 0.25) is 5.91 Å². The van der Waals surface area contributed by atoms with Gasteiger partial charge in [-0.3, -0.25) is 4.79 Å². The van der Waals surface area contributed by atoms with Gasteiger partial charge in [-0.15, -0.1) is 12.4 Å². The number of amides is 1. The van der Waals surface area contributed by atoms with Crippen molar-refractivity contribution >= 4 is 18.3 Å².